The van der Waals surface area contributed by atoms with Gasteiger partial charge in [-0.2, -0.15) is 5.10 Å². The Balaban J connectivity index is 1.67. The van der Waals surface area contributed by atoms with Crippen LogP contribution in [0.1, 0.15) is 11.1 Å². The molecule has 7 nitrogen and oxygen atoms in total. The number of H-pyrrole nitrogens is 1. The number of amides is 1. The van der Waals surface area contributed by atoms with Gasteiger partial charge < -0.3 is 4.98 Å². The summed E-state index contributed by atoms with van der Waals surface area (Å²) in [7, 11) is 0. The number of hydrazone groups is 1. The molecule has 1 aromatic heterocycles. The summed E-state index contributed by atoms with van der Waals surface area (Å²) >= 11 is 0. The summed E-state index contributed by atoms with van der Waals surface area (Å²) < 4.78 is 0. The number of hydrogen-bond acceptors (Lipinski definition) is 4. The van der Waals surface area contributed by atoms with E-state index in [1.807, 2.05) is 24.3 Å². The lowest BCUT2D eigenvalue weighted by Crippen LogP contribution is -2.20. The van der Waals surface area contributed by atoms with Gasteiger partial charge in [0.05, 0.1) is 17.6 Å². The fourth-order valence-corrected chi connectivity index (χ4v) is 2.43. The predicted octanol–water partition coefficient (Wildman–Crippen LogP) is 2.77. The minimum Gasteiger partial charge on any atom is -0.361 e. The minimum absolute atomic E-state index is 0.0757. The standard InChI is InChI=1S/C17H14N4O3/c22-17(9-12-5-1-4-8-16(12)21(23)24)20-19-11-13-10-18-15-7-3-2-6-14(13)15/h1-8,10-11,18H,9H2,(H,20,22)/b19-11+. The van der Waals surface area contributed by atoms with E-state index in [2.05, 4.69) is 15.5 Å². The summed E-state index contributed by atoms with van der Waals surface area (Å²) in [6.45, 7) is 0. The number of para-hydroxylation sites is 2. The van der Waals surface area contributed by atoms with Crippen molar-refractivity contribution in [1.82, 2.24) is 10.4 Å². The zero-order valence-electron chi connectivity index (χ0n) is 12.6. The first-order valence-electron chi connectivity index (χ1n) is 7.25. The average Bonchev–Trinajstić information content (AvgIpc) is 2.98. The Morgan fingerprint density at radius 1 is 1.21 bits per heavy atom. The molecule has 3 aromatic rings. The third kappa shape index (κ3) is 3.30. The lowest BCUT2D eigenvalue weighted by atomic mass is 10.1. The van der Waals surface area contributed by atoms with Crippen LogP contribution in [-0.2, 0) is 11.2 Å². The average molecular weight is 322 g/mol. The first-order valence-corrected chi connectivity index (χ1v) is 7.25. The summed E-state index contributed by atoms with van der Waals surface area (Å²) in [4.78, 5) is 25.5. The molecule has 2 N–H and O–H groups in total. The fourth-order valence-electron chi connectivity index (χ4n) is 2.43. The number of fused-ring (bicyclic) bond motifs is 1. The van der Waals surface area contributed by atoms with Gasteiger partial charge in [-0.25, -0.2) is 5.43 Å². The van der Waals surface area contributed by atoms with E-state index in [-0.39, 0.29) is 12.1 Å². The molecular weight excluding hydrogens is 308 g/mol. The number of aromatic nitrogens is 1. The summed E-state index contributed by atoms with van der Waals surface area (Å²) in [5.41, 5.74) is 4.49. The van der Waals surface area contributed by atoms with Crippen molar-refractivity contribution in [2.75, 3.05) is 0 Å². The zero-order chi connectivity index (χ0) is 16.9. The van der Waals surface area contributed by atoms with E-state index in [0.29, 0.717) is 5.56 Å². The Labute approximate surface area is 137 Å². The molecule has 3 rings (SSSR count). The molecule has 0 bridgehead atoms. The van der Waals surface area contributed by atoms with E-state index >= 15 is 0 Å². The zero-order valence-corrected chi connectivity index (χ0v) is 12.6. The van der Waals surface area contributed by atoms with Crippen LogP contribution in [0.15, 0.2) is 59.8 Å². The number of nitrogens with one attached hydrogen (secondary N) is 2. The fraction of sp³-hybridized carbons (Fsp3) is 0.0588. The molecule has 24 heavy (non-hydrogen) atoms. The Morgan fingerprint density at radius 3 is 2.79 bits per heavy atom. The Bertz CT molecular complexity index is 930. The number of carbonyl (C=O) groups excluding carboxylic acids is 1. The molecule has 0 saturated heterocycles. The Morgan fingerprint density at radius 2 is 1.96 bits per heavy atom. The highest BCUT2D eigenvalue weighted by molar-refractivity contribution is 5.99. The van der Waals surface area contributed by atoms with E-state index in [1.54, 1.807) is 24.4 Å². The van der Waals surface area contributed by atoms with Crippen molar-refractivity contribution in [2.24, 2.45) is 5.10 Å². The molecule has 120 valence electrons. The number of benzene rings is 2. The summed E-state index contributed by atoms with van der Waals surface area (Å²) in [5, 5.41) is 15.9. The van der Waals surface area contributed by atoms with Gasteiger partial charge in [0.25, 0.3) is 5.69 Å². The largest absolute Gasteiger partial charge is 0.361 e. The first kappa shape index (κ1) is 15.4. The molecule has 0 fully saturated rings. The molecule has 0 aliphatic heterocycles. The van der Waals surface area contributed by atoms with Crippen molar-refractivity contribution in [1.29, 1.82) is 0 Å². The molecule has 0 aliphatic carbocycles. The predicted molar refractivity (Wildman–Crippen MR) is 90.8 cm³/mol. The van der Waals surface area contributed by atoms with Crippen LogP contribution in [0.5, 0.6) is 0 Å². The Hall–Kier alpha value is -3.48. The lowest BCUT2D eigenvalue weighted by molar-refractivity contribution is -0.385. The van der Waals surface area contributed by atoms with Crippen LogP contribution < -0.4 is 5.43 Å². The van der Waals surface area contributed by atoms with Gasteiger partial charge in [-0.15, -0.1) is 0 Å². The number of rotatable bonds is 5. The van der Waals surface area contributed by atoms with E-state index < -0.39 is 10.8 Å². The number of nitro groups is 1. The lowest BCUT2D eigenvalue weighted by Gasteiger charge is -2.01. The monoisotopic (exact) mass is 322 g/mol. The highest BCUT2D eigenvalue weighted by Crippen LogP contribution is 2.18. The summed E-state index contributed by atoms with van der Waals surface area (Å²) in [6, 6.07) is 13.9. The van der Waals surface area contributed by atoms with E-state index in [4.69, 9.17) is 0 Å². The van der Waals surface area contributed by atoms with Crippen LogP contribution in [-0.4, -0.2) is 22.0 Å². The van der Waals surface area contributed by atoms with Crippen molar-refractivity contribution in [3.05, 3.63) is 76.0 Å². The van der Waals surface area contributed by atoms with Crippen LogP contribution in [0.2, 0.25) is 0 Å². The number of nitro benzene ring substituents is 1. The molecule has 2 aromatic carbocycles. The molecule has 1 amide bonds. The van der Waals surface area contributed by atoms with Gasteiger partial charge in [0.2, 0.25) is 5.91 Å². The van der Waals surface area contributed by atoms with E-state index in [9.17, 15) is 14.9 Å². The highest BCUT2D eigenvalue weighted by atomic mass is 16.6. The van der Waals surface area contributed by atoms with Crippen molar-refractivity contribution >= 4 is 28.7 Å². The maximum atomic E-state index is 11.9. The van der Waals surface area contributed by atoms with Gasteiger partial charge in [0.1, 0.15) is 0 Å². The molecule has 1 heterocycles. The molecule has 0 spiro atoms. The van der Waals surface area contributed by atoms with Crippen molar-refractivity contribution in [2.45, 2.75) is 6.42 Å². The molecule has 0 aliphatic rings. The SMILES string of the molecule is O=C(Cc1ccccc1[N+](=O)[O-])N/N=C/c1c[nH]c2ccccc12. The van der Waals surface area contributed by atoms with Gasteiger partial charge in [-0.1, -0.05) is 36.4 Å². The van der Waals surface area contributed by atoms with Crippen LogP contribution in [0.25, 0.3) is 10.9 Å². The van der Waals surface area contributed by atoms with Crippen LogP contribution in [0.3, 0.4) is 0 Å². The maximum absolute atomic E-state index is 11.9. The molecule has 7 heteroatoms. The van der Waals surface area contributed by atoms with Crippen LogP contribution >= 0.6 is 0 Å². The topological polar surface area (TPSA) is 100 Å². The molecule has 0 saturated carbocycles. The van der Waals surface area contributed by atoms with Gasteiger partial charge >= 0.3 is 0 Å². The van der Waals surface area contributed by atoms with Gasteiger partial charge in [0, 0.05) is 34.3 Å². The van der Waals surface area contributed by atoms with E-state index in [0.717, 1.165) is 16.5 Å². The Kier molecular flexibility index (Phi) is 4.33. The maximum Gasteiger partial charge on any atom is 0.273 e. The van der Waals surface area contributed by atoms with E-state index in [1.165, 1.54) is 12.3 Å². The van der Waals surface area contributed by atoms with Gasteiger partial charge in [-0.05, 0) is 6.07 Å². The van der Waals surface area contributed by atoms with Crippen LogP contribution in [0.4, 0.5) is 5.69 Å². The first-order chi connectivity index (χ1) is 11.6. The number of aromatic amines is 1. The number of carbonyl (C=O) groups is 1. The molecule has 0 atom stereocenters. The van der Waals surface area contributed by atoms with Crippen molar-refractivity contribution in [3.63, 3.8) is 0 Å². The molecule has 0 radical (unpaired) electrons. The van der Waals surface area contributed by atoms with Gasteiger partial charge in [0.15, 0.2) is 0 Å². The summed E-state index contributed by atoms with van der Waals surface area (Å²) in [5.74, 6) is -0.416. The smallest absolute Gasteiger partial charge is 0.273 e. The second-order valence-corrected chi connectivity index (χ2v) is 5.15. The highest BCUT2D eigenvalue weighted by Gasteiger charge is 2.15. The third-order valence-electron chi connectivity index (χ3n) is 3.55. The van der Waals surface area contributed by atoms with Crippen molar-refractivity contribution < 1.29 is 9.72 Å². The quantitative estimate of drug-likeness (QED) is 0.429. The van der Waals surface area contributed by atoms with Crippen molar-refractivity contribution in [3.8, 4) is 0 Å². The number of nitrogens with zero attached hydrogens (tertiary/aromatic N) is 2. The molecule has 0 unspecified atom stereocenters. The number of hydrogen-bond donors (Lipinski definition) is 2. The second-order valence-electron chi connectivity index (χ2n) is 5.15. The van der Waals surface area contributed by atoms with Gasteiger partial charge in [-0.3, -0.25) is 14.9 Å². The molecular formula is C17H14N4O3. The normalized spacial score (nSPS) is 11.0. The second kappa shape index (κ2) is 6.74. The third-order valence-corrected chi connectivity index (χ3v) is 3.55. The van der Waals surface area contributed by atoms with Crippen LogP contribution in [0, 0.1) is 10.1 Å². The minimum atomic E-state index is -0.502. The summed E-state index contributed by atoms with van der Waals surface area (Å²) in [6.07, 6.45) is 3.22.